The van der Waals surface area contributed by atoms with Crippen molar-refractivity contribution in [2.75, 3.05) is 13.7 Å². The number of carboxylic acid groups (broad SMARTS) is 1. The van der Waals surface area contributed by atoms with Gasteiger partial charge in [0, 0.05) is 23.9 Å². The van der Waals surface area contributed by atoms with Crippen molar-refractivity contribution in [3.8, 4) is 22.8 Å². The molecule has 1 fully saturated rings. The largest absolute Gasteiger partial charge is 0.494 e. The number of carboxylic acids is 1. The number of benzene rings is 2. The van der Waals surface area contributed by atoms with Gasteiger partial charge in [0.25, 0.3) is 5.91 Å². The number of rotatable bonds is 13. The van der Waals surface area contributed by atoms with Crippen LogP contribution in [0.25, 0.3) is 11.3 Å². The molecule has 0 aliphatic heterocycles. The Labute approximate surface area is 230 Å². The molecule has 1 aliphatic rings. The second-order valence-corrected chi connectivity index (χ2v) is 9.44. The second kappa shape index (κ2) is 13.0. The van der Waals surface area contributed by atoms with E-state index in [9.17, 15) is 18.8 Å². The summed E-state index contributed by atoms with van der Waals surface area (Å²) in [5, 5.41) is 11.7. The molecular weight excluding hydrogens is 521 g/mol. The molecule has 1 atom stereocenters. The molecule has 0 unspecified atom stereocenters. The summed E-state index contributed by atoms with van der Waals surface area (Å²) >= 11 is 0. The second-order valence-electron chi connectivity index (χ2n) is 9.44. The number of carbonyl (C=O) groups excluding carboxylic acids is 2. The Hall–Kier alpha value is -4.51. The first kappa shape index (κ1) is 28.5. The Morgan fingerprint density at radius 1 is 1.15 bits per heavy atom. The number of aliphatic carboxylic acids is 1. The quantitative estimate of drug-likeness (QED) is 0.271. The number of nitrogens with two attached hydrogens (primary N) is 1. The number of hydrogen-bond acceptors (Lipinski definition) is 8. The van der Waals surface area contributed by atoms with Crippen LogP contribution in [0.3, 0.4) is 0 Å². The van der Waals surface area contributed by atoms with Crippen LogP contribution in [0.5, 0.6) is 11.5 Å². The predicted octanol–water partition coefficient (Wildman–Crippen LogP) is 3.46. The number of halogens is 1. The molecule has 0 saturated heterocycles. The third-order valence-corrected chi connectivity index (χ3v) is 6.32. The van der Waals surface area contributed by atoms with Crippen molar-refractivity contribution >= 4 is 17.8 Å². The van der Waals surface area contributed by atoms with Crippen molar-refractivity contribution in [2.45, 2.75) is 38.5 Å². The lowest BCUT2D eigenvalue weighted by atomic mass is 10.0. The van der Waals surface area contributed by atoms with Gasteiger partial charge in [0.2, 0.25) is 0 Å². The van der Waals surface area contributed by atoms with Gasteiger partial charge in [0.05, 0.1) is 31.4 Å². The minimum atomic E-state index is -1.36. The molecule has 4 N–H and O–H groups in total. The fraction of sp³-hybridized carbons (Fsp3) is 0.310. The molecule has 0 spiro atoms. The normalized spacial score (nSPS) is 13.3. The Kier molecular flexibility index (Phi) is 9.28. The monoisotopic (exact) mass is 551 g/mol. The van der Waals surface area contributed by atoms with Gasteiger partial charge in [0.15, 0.2) is 11.6 Å². The van der Waals surface area contributed by atoms with Crippen LogP contribution < -0.4 is 20.5 Å². The molecule has 1 amide bonds. The van der Waals surface area contributed by atoms with Gasteiger partial charge in [0.1, 0.15) is 18.4 Å². The van der Waals surface area contributed by atoms with Gasteiger partial charge >= 0.3 is 11.9 Å². The van der Waals surface area contributed by atoms with E-state index in [1.54, 1.807) is 42.6 Å². The first-order chi connectivity index (χ1) is 19.2. The third-order valence-electron chi connectivity index (χ3n) is 6.32. The summed E-state index contributed by atoms with van der Waals surface area (Å²) in [6.07, 6.45) is 3.25. The zero-order chi connectivity index (χ0) is 28.6. The van der Waals surface area contributed by atoms with Crippen molar-refractivity contribution < 1.29 is 38.1 Å². The molecule has 0 bridgehead atoms. The lowest BCUT2D eigenvalue weighted by Crippen LogP contribution is -2.33. The van der Waals surface area contributed by atoms with Crippen molar-refractivity contribution in [1.82, 2.24) is 10.3 Å². The number of esters is 1. The maximum absolute atomic E-state index is 14.1. The number of carbonyl (C=O) groups is 3. The summed E-state index contributed by atoms with van der Waals surface area (Å²) in [6.45, 7) is 0.404. The van der Waals surface area contributed by atoms with Gasteiger partial charge in [-0.05, 0) is 60.7 Å². The van der Waals surface area contributed by atoms with Gasteiger partial charge in [-0.1, -0.05) is 12.1 Å². The van der Waals surface area contributed by atoms with Crippen LogP contribution in [-0.2, 0) is 27.5 Å². The Balaban J connectivity index is 1.54. The molecule has 1 aromatic heterocycles. The highest BCUT2D eigenvalue weighted by atomic mass is 19.1. The standard InChI is InChI=1S/C29H30FN3O7/c1-38-25-8-6-18(11-22(25)30)14-33-28(35)21-12-19(7-9-24(21)39-15-17-4-5-17)27-20(3-2-10-32-27)16-40-26(34)13-23(31)29(36)37/h2-3,6-12,17,23H,4-5,13-16,31H2,1H3,(H,33,35)(H,36,37)/t23-/m1/s1. The molecule has 210 valence electrons. The van der Waals surface area contributed by atoms with Crippen LogP contribution in [0.2, 0.25) is 0 Å². The fourth-order valence-corrected chi connectivity index (χ4v) is 3.87. The molecule has 4 rings (SSSR count). The van der Waals surface area contributed by atoms with Crippen LogP contribution in [0, 0.1) is 11.7 Å². The zero-order valence-electron chi connectivity index (χ0n) is 21.9. The van der Waals surface area contributed by atoms with E-state index in [0.29, 0.717) is 40.7 Å². The molecule has 40 heavy (non-hydrogen) atoms. The highest BCUT2D eigenvalue weighted by molar-refractivity contribution is 5.98. The Morgan fingerprint density at radius 2 is 1.93 bits per heavy atom. The summed E-state index contributed by atoms with van der Waals surface area (Å²) in [5.74, 6) is -2.03. The highest BCUT2D eigenvalue weighted by Crippen LogP contribution is 2.32. The average molecular weight is 552 g/mol. The zero-order valence-corrected chi connectivity index (χ0v) is 21.9. The molecule has 1 saturated carbocycles. The molecule has 0 radical (unpaired) electrons. The smallest absolute Gasteiger partial charge is 0.321 e. The first-order valence-electron chi connectivity index (χ1n) is 12.7. The maximum Gasteiger partial charge on any atom is 0.321 e. The van der Waals surface area contributed by atoms with Crippen LogP contribution in [-0.4, -0.2) is 47.7 Å². The number of pyridine rings is 1. The van der Waals surface area contributed by atoms with Gasteiger partial charge in [-0.3, -0.25) is 19.4 Å². The van der Waals surface area contributed by atoms with E-state index in [2.05, 4.69) is 10.3 Å². The van der Waals surface area contributed by atoms with Gasteiger partial charge in [-0.2, -0.15) is 0 Å². The summed E-state index contributed by atoms with van der Waals surface area (Å²) in [5.41, 5.74) is 7.83. The summed E-state index contributed by atoms with van der Waals surface area (Å²) in [4.78, 5) is 40.7. The minimum absolute atomic E-state index is 0.0787. The van der Waals surface area contributed by atoms with Gasteiger partial charge < -0.3 is 30.4 Å². The maximum atomic E-state index is 14.1. The molecule has 11 heteroatoms. The van der Waals surface area contributed by atoms with E-state index in [1.807, 2.05) is 0 Å². The van der Waals surface area contributed by atoms with Crippen LogP contribution in [0.4, 0.5) is 4.39 Å². The summed E-state index contributed by atoms with van der Waals surface area (Å²) in [7, 11) is 1.38. The van der Waals surface area contributed by atoms with Crippen molar-refractivity contribution in [2.24, 2.45) is 11.7 Å². The lowest BCUT2D eigenvalue weighted by molar-refractivity contribution is -0.149. The third kappa shape index (κ3) is 7.54. The lowest BCUT2D eigenvalue weighted by Gasteiger charge is -2.15. The van der Waals surface area contributed by atoms with E-state index in [1.165, 1.54) is 19.2 Å². The number of hydrogen-bond donors (Lipinski definition) is 3. The SMILES string of the molecule is COc1ccc(CNC(=O)c2cc(-c3ncccc3COC(=O)C[C@@H](N)C(=O)O)ccc2OCC2CC2)cc1F. The molecular formula is C29H30FN3O7. The Morgan fingerprint density at radius 3 is 2.62 bits per heavy atom. The molecule has 10 nitrogen and oxygen atoms in total. The van der Waals surface area contributed by atoms with Crippen LogP contribution in [0.15, 0.2) is 54.7 Å². The summed E-state index contributed by atoms with van der Waals surface area (Å²) in [6, 6.07) is 11.6. The van der Waals surface area contributed by atoms with Crippen LogP contribution in [0.1, 0.15) is 40.7 Å². The molecule has 1 heterocycles. The molecule has 1 aliphatic carbocycles. The van der Waals surface area contributed by atoms with E-state index in [-0.39, 0.29) is 24.5 Å². The number of nitrogens with zero attached hydrogens (tertiary/aromatic N) is 1. The van der Waals surface area contributed by atoms with E-state index < -0.39 is 36.1 Å². The highest BCUT2D eigenvalue weighted by Gasteiger charge is 2.24. The topological polar surface area (TPSA) is 150 Å². The first-order valence-corrected chi connectivity index (χ1v) is 12.7. The number of nitrogens with one attached hydrogen (secondary N) is 1. The molecule has 3 aromatic rings. The molecule has 2 aromatic carbocycles. The van der Waals surface area contributed by atoms with E-state index in [0.717, 1.165) is 12.8 Å². The number of ether oxygens (including phenoxy) is 3. The number of aromatic nitrogens is 1. The fourth-order valence-electron chi connectivity index (χ4n) is 3.87. The van der Waals surface area contributed by atoms with Gasteiger partial charge in [-0.25, -0.2) is 4.39 Å². The number of amides is 1. The van der Waals surface area contributed by atoms with E-state index in [4.69, 9.17) is 25.1 Å². The minimum Gasteiger partial charge on any atom is -0.494 e. The van der Waals surface area contributed by atoms with Crippen LogP contribution >= 0.6 is 0 Å². The Bertz CT molecular complexity index is 1390. The van der Waals surface area contributed by atoms with Crippen molar-refractivity contribution in [3.63, 3.8) is 0 Å². The van der Waals surface area contributed by atoms with Crippen molar-refractivity contribution in [3.05, 3.63) is 77.2 Å². The number of methoxy groups -OCH3 is 1. The van der Waals surface area contributed by atoms with Crippen molar-refractivity contribution in [1.29, 1.82) is 0 Å². The summed E-state index contributed by atoms with van der Waals surface area (Å²) < 4.78 is 30.2. The average Bonchev–Trinajstić information content (AvgIpc) is 3.78. The van der Waals surface area contributed by atoms with E-state index >= 15 is 0 Å². The van der Waals surface area contributed by atoms with Gasteiger partial charge in [-0.15, -0.1) is 0 Å². The predicted molar refractivity (Wildman–Crippen MR) is 142 cm³/mol.